The molecule has 37 heavy (non-hydrogen) atoms. The minimum atomic E-state index is -4.79. The van der Waals surface area contributed by atoms with Gasteiger partial charge in [0.1, 0.15) is 17.4 Å². The van der Waals surface area contributed by atoms with E-state index in [4.69, 9.17) is 0 Å². The number of nitrogens with one attached hydrogen (secondary N) is 1. The molecule has 1 unspecified atom stereocenters. The molecule has 198 valence electrons. The van der Waals surface area contributed by atoms with Crippen molar-refractivity contribution in [1.82, 2.24) is 20.2 Å². The number of likely N-dealkylation sites (N-methyl/N-ethyl adjacent to an activating group) is 1. The number of hydrogen-bond donors (Lipinski definition) is 2. The highest BCUT2D eigenvalue weighted by Gasteiger charge is 2.36. The van der Waals surface area contributed by atoms with Crippen molar-refractivity contribution in [2.75, 3.05) is 32.1 Å². The average Bonchev–Trinajstić information content (AvgIpc) is 3.21. The molecule has 1 aliphatic carbocycles. The van der Waals surface area contributed by atoms with Gasteiger partial charge < -0.3 is 25.0 Å². The van der Waals surface area contributed by atoms with Crippen LogP contribution in [0.2, 0.25) is 0 Å². The lowest BCUT2D eigenvalue weighted by molar-refractivity contribution is -0.308. The van der Waals surface area contributed by atoms with Gasteiger partial charge in [0, 0.05) is 48.2 Å². The van der Waals surface area contributed by atoms with E-state index in [2.05, 4.69) is 20.0 Å². The largest absolute Gasteiger partial charge is 0.572 e. The fourth-order valence-corrected chi connectivity index (χ4v) is 4.48. The molecule has 1 aliphatic heterocycles. The summed E-state index contributed by atoms with van der Waals surface area (Å²) in [5.41, 5.74) is 1.45. The van der Waals surface area contributed by atoms with Gasteiger partial charge in [0.05, 0.1) is 23.9 Å². The molecule has 3 atom stereocenters. The summed E-state index contributed by atoms with van der Waals surface area (Å²) in [6.07, 6.45) is 1.16. The van der Waals surface area contributed by atoms with Crippen molar-refractivity contribution in [2.45, 2.75) is 31.9 Å². The first kappa shape index (κ1) is 26.6. The topological polar surface area (TPSA) is 90.8 Å². The number of aliphatic hydroxyl groups excluding tert-OH is 1. The van der Waals surface area contributed by atoms with Crippen LogP contribution < -0.4 is 10.2 Å². The van der Waals surface area contributed by atoms with Gasteiger partial charge in [-0.15, -0.1) is 13.2 Å². The predicted molar refractivity (Wildman–Crippen MR) is 128 cm³/mol. The van der Waals surface area contributed by atoms with Crippen molar-refractivity contribution in [2.24, 2.45) is 5.92 Å². The van der Waals surface area contributed by atoms with Gasteiger partial charge in [0.2, 0.25) is 0 Å². The van der Waals surface area contributed by atoms with Crippen molar-refractivity contribution in [3.05, 3.63) is 65.7 Å². The summed E-state index contributed by atoms with van der Waals surface area (Å²) in [4.78, 5) is 25.2. The molecule has 2 aromatic rings. The molecular weight excluding hydrogens is 494 g/mol. The number of aromatic nitrogens is 2. The number of alkyl halides is 3. The molecule has 3 heterocycles. The third-order valence-electron chi connectivity index (χ3n) is 6.33. The zero-order valence-corrected chi connectivity index (χ0v) is 20.5. The van der Waals surface area contributed by atoms with E-state index in [0.717, 1.165) is 6.20 Å². The first-order chi connectivity index (χ1) is 17.4. The number of β-amino-alcohol motifs (C(OH)–C–C–N with tert-alkyl or cyclic N) is 1. The van der Waals surface area contributed by atoms with E-state index < -0.39 is 30.1 Å². The predicted octanol–water partition coefficient (Wildman–Crippen LogP) is 3.47. The number of nitrogens with zero attached hydrogens (tertiary/aromatic N) is 4. The first-order valence-electron chi connectivity index (χ1n) is 11.6. The van der Waals surface area contributed by atoms with Gasteiger partial charge in [-0.3, -0.25) is 9.78 Å². The molecule has 0 aromatic carbocycles. The first-order valence-corrected chi connectivity index (χ1v) is 11.6. The zero-order chi connectivity index (χ0) is 26.9. The number of anilines is 1. The van der Waals surface area contributed by atoms with Gasteiger partial charge in [-0.2, -0.15) is 0 Å². The Morgan fingerprint density at radius 2 is 1.95 bits per heavy atom. The van der Waals surface area contributed by atoms with Gasteiger partial charge >= 0.3 is 6.36 Å². The number of rotatable bonds is 6. The number of ether oxygens (including phenoxy) is 1. The van der Waals surface area contributed by atoms with Gasteiger partial charge in [0.25, 0.3) is 5.91 Å². The van der Waals surface area contributed by atoms with Crippen LogP contribution in [0.15, 0.2) is 54.3 Å². The van der Waals surface area contributed by atoms with Crippen LogP contribution in [0.1, 0.15) is 23.7 Å². The molecule has 0 spiro atoms. The third-order valence-corrected chi connectivity index (χ3v) is 6.33. The van der Waals surface area contributed by atoms with E-state index in [1.165, 1.54) is 30.6 Å². The summed E-state index contributed by atoms with van der Waals surface area (Å²) in [6.45, 7) is 2.34. The SMILES string of the molecule is CC1CC(NC(=O)c2cnc(N3C[C@H](O)[C@@H](N(C)C)C3)c(-c3cncc(F)c3)c2)=CC=C1OC(F)(F)F. The lowest BCUT2D eigenvalue weighted by Gasteiger charge is -2.24. The molecule has 2 N–H and O–H groups in total. The van der Waals surface area contributed by atoms with Gasteiger partial charge in [-0.1, -0.05) is 6.92 Å². The molecular formula is C25H27F4N5O3. The Balaban J connectivity index is 1.61. The second-order valence-corrected chi connectivity index (χ2v) is 9.36. The summed E-state index contributed by atoms with van der Waals surface area (Å²) < 4.78 is 55.7. The number of halogens is 4. The van der Waals surface area contributed by atoms with Crippen LogP contribution in [0.4, 0.5) is 23.4 Å². The molecule has 1 fully saturated rings. The van der Waals surface area contributed by atoms with Crippen LogP contribution in [0.5, 0.6) is 0 Å². The van der Waals surface area contributed by atoms with E-state index >= 15 is 0 Å². The Bertz CT molecular complexity index is 1230. The molecule has 2 aliphatic rings. The smallest absolute Gasteiger partial charge is 0.410 e. The summed E-state index contributed by atoms with van der Waals surface area (Å²) in [6, 6.07) is 2.70. The Labute approximate surface area is 211 Å². The lowest BCUT2D eigenvalue weighted by Crippen LogP contribution is -2.38. The number of allylic oxidation sites excluding steroid dienone is 4. The number of pyridine rings is 2. The second-order valence-electron chi connectivity index (χ2n) is 9.36. The van der Waals surface area contributed by atoms with Gasteiger partial charge in [-0.05, 0) is 44.8 Å². The van der Waals surface area contributed by atoms with Crippen LogP contribution in [0.3, 0.4) is 0 Å². The van der Waals surface area contributed by atoms with Crippen LogP contribution in [-0.2, 0) is 4.74 Å². The van der Waals surface area contributed by atoms with Crippen molar-refractivity contribution in [3.63, 3.8) is 0 Å². The number of aliphatic hydroxyl groups is 1. The minimum absolute atomic E-state index is 0.136. The quantitative estimate of drug-likeness (QED) is 0.563. The summed E-state index contributed by atoms with van der Waals surface area (Å²) in [7, 11) is 3.73. The average molecular weight is 522 g/mol. The molecule has 0 bridgehead atoms. The molecule has 12 heteroatoms. The molecule has 2 aromatic heterocycles. The number of amides is 1. The summed E-state index contributed by atoms with van der Waals surface area (Å²) >= 11 is 0. The highest BCUT2D eigenvalue weighted by molar-refractivity contribution is 5.97. The molecule has 1 amide bonds. The van der Waals surface area contributed by atoms with Crippen molar-refractivity contribution >= 4 is 11.7 Å². The van der Waals surface area contributed by atoms with Crippen molar-refractivity contribution in [1.29, 1.82) is 0 Å². The molecule has 4 rings (SSSR count). The third kappa shape index (κ3) is 6.25. The van der Waals surface area contributed by atoms with E-state index in [1.54, 1.807) is 13.0 Å². The van der Waals surface area contributed by atoms with Gasteiger partial charge in [0.15, 0.2) is 0 Å². The minimum Gasteiger partial charge on any atom is -0.410 e. The van der Waals surface area contributed by atoms with Crippen molar-refractivity contribution < 1.29 is 32.2 Å². The maximum Gasteiger partial charge on any atom is 0.572 e. The van der Waals surface area contributed by atoms with Gasteiger partial charge in [-0.25, -0.2) is 9.37 Å². The van der Waals surface area contributed by atoms with E-state index in [0.29, 0.717) is 35.7 Å². The molecule has 0 saturated carbocycles. The van der Waals surface area contributed by atoms with Crippen LogP contribution in [-0.4, -0.2) is 71.6 Å². The number of hydrogen-bond acceptors (Lipinski definition) is 7. The highest BCUT2D eigenvalue weighted by atomic mass is 19.4. The maximum atomic E-state index is 14.0. The Hall–Kier alpha value is -3.51. The Morgan fingerprint density at radius 3 is 2.57 bits per heavy atom. The van der Waals surface area contributed by atoms with Crippen LogP contribution in [0, 0.1) is 11.7 Å². The standard InChI is InChI=1S/C25H27F4N5O3/c1-14-6-18(4-5-22(14)37-25(27,28)29)32-24(36)16-8-19(15-7-17(26)11-30-9-15)23(31-10-16)34-12-20(33(2)3)21(35)13-34/h4-5,7-11,14,20-21,35H,6,12-13H2,1-3H3,(H,32,36)/t14?,20-,21-/m0/s1. The van der Waals surface area contributed by atoms with Crippen LogP contribution in [0.25, 0.3) is 11.1 Å². The van der Waals surface area contributed by atoms with Crippen LogP contribution >= 0.6 is 0 Å². The normalized spacial score (nSPS) is 22.1. The van der Waals surface area contributed by atoms with E-state index in [-0.39, 0.29) is 23.8 Å². The number of carbonyl (C=O) groups excluding carboxylic acids is 1. The van der Waals surface area contributed by atoms with E-state index in [1.807, 2.05) is 23.9 Å². The second kappa shape index (κ2) is 10.5. The Morgan fingerprint density at radius 1 is 1.19 bits per heavy atom. The molecule has 0 radical (unpaired) electrons. The molecule has 8 nitrogen and oxygen atoms in total. The Kier molecular flexibility index (Phi) is 7.51. The van der Waals surface area contributed by atoms with E-state index in [9.17, 15) is 27.5 Å². The summed E-state index contributed by atoms with van der Waals surface area (Å²) in [5.74, 6) is -1.45. The monoisotopic (exact) mass is 521 g/mol. The van der Waals surface area contributed by atoms with Crippen molar-refractivity contribution in [3.8, 4) is 11.1 Å². The fraction of sp³-hybridized carbons (Fsp3) is 0.400. The molecule has 1 saturated heterocycles. The fourth-order valence-electron chi connectivity index (χ4n) is 4.48. The number of carbonyl (C=O) groups is 1. The zero-order valence-electron chi connectivity index (χ0n) is 20.5. The maximum absolute atomic E-state index is 14.0. The highest BCUT2D eigenvalue weighted by Crippen LogP contribution is 2.34. The lowest BCUT2D eigenvalue weighted by atomic mass is 9.97. The summed E-state index contributed by atoms with van der Waals surface area (Å²) in [5, 5.41) is 13.2.